The van der Waals surface area contributed by atoms with Crippen LogP contribution in [0.15, 0.2) is 4.42 Å². The van der Waals surface area contributed by atoms with E-state index in [2.05, 4.69) is 16.1 Å². The van der Waals surface area contributed by atoms with Crippen LogP contribution in [-0.4, -0.2) is 76.1 Å². The molecule has 1 heterocycles. The second-order valence-electron chi connectivity index (χ2n) is 6.48. The van der Waals surface area contributed by atoms with Crippen molar-refractivity contribution in [3.63, 3.8) is 0 Å². The second kappa shape index (κ2) is 17.8. The Morgan fingerprint density at radius 3 is 2.07 bits per heavy atom. The van der Waals surface area contributed by atoms with Crippen molar-refractivity contribution >= 4 is 5.97 Å². The van der Waals surface area contributed by atoms with Gasteiger partial charge in [0.15, 0.2) is 0 Å². The Bertz CT molecular complexity index is 600. The standard InChI is InChI=1S/C21H34N2O7/c1-4-6-18(21(24)25-3)7-8-19-22-23-20(30-19)9-11-27-13-15-29-17-16-28-14-12-26-10-5-2/h2,18H,4,6-17H2,1,3H3/t18-/m0/s1. The van der Waals surface area contributed by atoms with Crippen molar-refractivity contribution in [1.29, 1.82) is 0 Å². The van der Waals surface area contributed by atoms with E-state index < -0.39 is 0 Å². The Hall–Kier alpha value is -1.99. The number of terminal acetylenes is 1. The minimum absolute atomic E-state index is 0.133. The number of methoxy groups -OCH3 is 1. The van der Waals surface area contributed by atoms with E-state index in [0.717, 1.165) is 12.8 Å². The number of nitrogens with zero attached hydrogens (tertiary/aromatic N) is 2. The fourth-order valence-corrected chi connectivity index (χ4v) is 2.63. The van der Waals surface area contributed by atoms with Crippen LogP contribution in [0.1, 0.15) is 38.0 Å². The quantitative estimate of drug-likeness (QED) is 0.186. The van der Waals surface area contributed by atoms with Gasteiger partial charge in [-0.2, -0.15) is 0 Å². The van der Waals surface area contributed by atoms with Crippen molar-refractivity contribution in [3.8, 4) is 12.3 Å². The number of rotatable bonds is 19. The maximum Gasteiger partial charge on any atom is 0.308 e. The Labute approximate surface area is 178 Å². The first kappa shape index (κ1) is 26.0. The first-order chi connectivity index (χ1) is 14.7. The molecule has 0 aliphatic heterocycles. The molecular formula is C21H34N2O7. The molecule has 0 radical (unpaired) electrons. The first-order valence-electron chi connectivity index (χ1n) is 10.3. The monoisotopic (exact) mass is 426 g/mol. The molecule has 0 amide bonds. The normalized spacial score (nSPS) is 11.9. The van der Waals surface area contributed by atoms with Gasteiger partial charge in [0.2, 0.25) is 11.8 Å². The third kappa shape index (κ3) is 12.5. The van der Waals surface area contributed by atoms with Gasteiger partial charge in [-0.3, -0.25) is 4.79 Å². The van der Waals surface area contributed by atoms with Crippen molar-refractivity contribution in [2.75, 3.05) is 60.0 Å². The van der Waals surface area contributed by atoms with Crippen molar-refractivity contribution < 1.29 is 32.9 Å². The second-order valence-corrected chi connectivity index (χ2v) is 6.48. The van der Waals surface area contributed by atoms with E-state index in [1.807, 2.05) is 6.92 Å². The third-order valence-electron chi connectivity index (χ3n) is 4.15. The largest absolute Gasteiger partial charge is 0.469 e. The van der Waals surface area contributed by atoms with Gasteiger partial charge in [0.05, 0.1) is 59.3 Å². The highest BCUT2D eigenvalue weighted by molar-refractivity contribution is 5.72. The van der Waals surface area contributed by atoms with Crippen LogP contribution in [0, 0.1) is 18.3 Å². The van der Waals surface area contributed by atoms with Gasteiger partial charge < -0.3 is 28.1 Å². The van der Waals surface area contributed by atoms with Gasteiger partial charge in [-0.1, -0.05) is 19.3 Å². The number of carbonyl (C=O) groups is 1. The van der Waals surface area contributed by atoms with Gasteiger partial charge in [0.1, 0.15) is 6.61 Å². The zero-order chi connectivity index (χ0) is 21.9. The smallest absolute Gasteiger partial charge is 0.308 e. The molecule has 1 aromatic heterocycles. The van der Waals surface area contributed by atoms with Crippen LogP contribution in [0.3, 0.4) is 0 Å². The molecule has 1 atom stereocenters. The number of hydrogen-bond acceptors (Lipinski definition) is 9. The minimum atomic E-state index is -0.187. The van der Waals surface area contributed by atoms with E-state index >= 15 is 0 Å². The molecule has 0 spiro atoms. The summed E-state index contributed by atoms with van der Waals surface area (Å²) in [6.45, 7) is 5.74. The SMILES string of the molecule is C#CCOCCOCCOCCOCCc1nnc(CC[C@H](CCC)C(=O)OC)o1. The summed E-state index contributed by atoms with van der Waals surface area (Å²) in [7, 11) is 1.41. The third-order valence-corrected chi connectivity index (χ3v) is 4.15. The van der Waals surface area contributed by atoms with Gasteiger partial charge in [-0.05, 0) is 12.8 Å². The zero-order valence-electron chi connectivity index (χ0n) is 18.1. The lowest BCUT2D eigenvalue weighted by molar-refractivity contribution is -0.145. The summed E-state index contributed by atoms with van der Waals surface area (Å²) in [6.07, 6.45) is 8.50. The molecule has 0 saturated carbocycles. The highest BCUT2D eigenvalue weighted by Crippen LogP contribution is 2.16. The molecule has 30 heavy (non-hydrogen) atoms. The number of aromatic nitrogens is 2. The lowest BCUT2D eigenvalue weighted by Gasteiger charge is -2.11. The van der Waals surface area contributed by atoms with E-state index in [4.69, 9.17) is 34.5 Å². The molecule has 0 aliphatic carbocycles. The average molecular weight is 427 g/mol. The average Bonchev–Trinajstić information content (AvgIpc) is 3.21. The summed E-state index contributed by atoms with van der Waals surface area (Å²) in [4.78, 5) is 11.7. The van der Waals surface area contributed by atoms with Crippen LogP contribution in [0.25, 0.3) is 0 Å². The number of carbonyl (C=O) groups excluding carboxylic acids is 1. The molecule has 0 N–H and O–H groups in total. The van der Waals surface area contributed by atoms with Gasteiger partial charge in [-0.15, -0.1) is 16.6 Å². The maximum absolute atomic E-state index is 11.7. The van der Waals surface area contributed by atoms with Crippen molar-refractivity contribution in [1.82, 2.24) is 10.2 Å². The lowest BCUT2D eigenvalue weighted by atomic mass is 9.98. The Morgan fingerprint density at radius 1 is 0.933 bits per heavy atom. The number of aryl methyl sites for hydroxylation is 1. The number of ether oxygens (including phenoxy) is 5. The van der Waals surface area contributed by atoms with Crippen LogP contribution in [0.4, 0.5) is 0 Å². The number of hydrogen-bond donors (Lipinski definition) is 0. The molecule has 0 fully saturated rings. The molecule has 170 valence electrons. The van der Waals surface area contributed by atoms with Gasteiger partial charge in [0.25, 0.3) is 0 Å². The molecule has 0 saturated heterocycles. The fraction of sp³-hybridized carbons (Fsp3) is 0.762. The van der Waals surface area contributed by atoms with E-state index in [1.165, 1.54) is 7.11 Å². The lowest BCUT2D eigenvalue weighted by Crippen LogP contribution is -2.16. The Morgan fingerprint density at radius 2 is 1.50 bits per heavy atom. The summed E-state index contributed by atoms with van der Waals surface area (Å²) >= 11 is 0. The highest BCUT2D eigenvalue weighted by atomic mass is 16.6. The fourth-order valence-electron chi connectivity index (χ4n) is 2.63. The molecule has 9 nitrogen and oxygen atoms in total. The molecule has 1 aromatic rings. The van der Waals surface area contributed by atoms with Gasteiger partial charge >= 0.3 is 5.97 Å². The molecule has 1 rings (SSSR count). The van der Waals surface area contributed by atoms with Crippen LogP contribution in [0.2, 0.25) is 0 Å². The first-order valence-corrected chi connectivity index (χ1v) is 10.3. The van der Waals surface area contributed by atoms with E-state index in [1.54, 1.807) is 0 Å². The summed E-state index contributed by atoms with van der Waals surface area (Å²) in [5, 5.41) is 8.05. The van der Waals surface area contributed by atoms with Crippen LogP contribution < -0.4 is 0 Å². The number of esters is 1. The van der Waals surface area contributed by atoms with Gasteiger partial charge in [-0.25, -0.2) is 0 Å². The topological polar surface area (TPSA) is 102 Å². The van der Waals surface area contributed by atoms with Crippen LogP contribution in [-0.2, 0) is 41.3 Å². The van der Waals surface area contributed by atoms with Gasteiger partial charge in [0, 0.05) is 12.8 Å². The summed E-state index contributed by atoms with van der Waals surface area (Å²) in [5.74, 6) is 3.12. The van der Waals surface area contributed by atoms with E-state index in [0.29, 0.717) is 83.9 Å². The predicted molar refractivity (Wildman–Crippen MR) is 109 cm³/mol. The highest BCUT2D eigenvalue weighted by Gasteiger charge is 2.19. The van der Waals surface area contributed by atoms with E-state index in [9.17, 15) is 4.79 Å². The molecule has 0 aliphatic rings. The summed E-state index contributed by atoms with van der Waals surface area (Å²) < 4.78 is 31.8. The Balaban J connectivity index is 2.02. The predicted octanol–water partition coefficient (Wildman–Crippen LogP) is 1.83. The van der Waals surface area contributed by atoms with Crippen LogP contribution >= 0.6 is 0 Å². The van der Waals surface area contributed by atoms with Crippen molar-refractivity contribution in [2.24, 2.45) is 5.92 Å². The molecule has 0 unspecified atom stereocenters. The zero-order valence-corrected chi connectivity index (χ0v) is 18.1. The molecular weight excluding hydrogens is 392 g/mol. The van der Waals surface area contributed by atoms with E-state index in [-0.39, 0.29) is 11.9 Å². The summed E-state index contributed by atoms with van der Waals surface area (Å²) in [6, 6.07) is 0. The van der Waals surface area contributed by atoms with Crippen molar-refractivity contribution in [2.45, 2.75) is 39.0 Å². The maximum atomic E-state index is 11.7. The molecule has 9 heteroatoms. The van der Waals surface area contributed by atoms with Crippen molar-refractivity contribution in [3.05, 3.63) is 11.8 Å². The summed E-state index contributed by atoms with van der Waals surface area (Å²) in [5.41, 5.74) is 0. The molecule has 0 bridgehead atoms. The molecule has 0 aromatic carbocycles. The minimum Gasteiger partial charge on any atom is -0.469 e. The Kier molecular flexibility index (Phi) is 15.5. The van der Waals surface area contributed by atoms with Crippen LogP contribution in [0.5, 0.6) is 0 Å².